The fourth-order valence-corrected chi connectivity index (χ4v) is 2.06. The third-order valence-corrected chi connectivity index (χ3v) is 3.04. The fraction of sp³-hybridized carbons (Fsp3) is 0.600. The van der Waals surface area contributed by atoms with E-state index in [-0.39, 0.29) is 0 Å². The van der Waals surface area contributed by atoms with Crippen LogP contribution in [0, 0.1) is 3.77 Å². The van der Waals surface area contributed by atoms with Crippen molar-refractivity contribution in [2.24, 2.45) is 0 Å². The number of aliphatic hydroxyl groups is 1. The minimum absolute atomic E-state index is 0.426. The van der Waals surface area contributed by atoms with Crippen molar-refractivity contribution < 1.29 is 14.3 Å². The van der Waals surface area contributed by atoms with Gasteiger partial charge in [0.05, 0.1) is 13.2 Å². The average molecular weight is 323 g/mol. The highest BCUT2D eigenvalue weighted by Crippen LogP contribution is 2.17. The van der Waals surface area contributed by atoms with Crippen LogP contribution in [-0.4, -0.2) is 30.5 Å². The Morgan fingerprint density at radius 3 is 3.00 bits per heavy atom. The Hall–Kier alpha value is -0.110. The predicted octanol–water partition coefficient (Wildman–Crippen LogP) is 1.13. The van der Waals surface area contributed by atoms with Gasteiger partial charge in [-0.3, -0.25) is 0 Å². The Morgan fingerprint density at radius 1 is 1.53 bits per heavy atom. The van der Waals surface area contributed by atoms with Crippen LogP contribution in [0.25, 0.3) is 0 Å². The molecule has 1 aliphatic heterocycles. The Kier molecular flexibility index (Phi) is 3.65. The second-order valence-corrected chi connectivity index (χ2v) is 4.90. The molecular weight excluding hydrogens is 309 g/mol. The molecule has 15 heavy (non-hydrogen) atoms. The molecule has 1 aromatic heterocycles. The molecule has 2 heterocycles. The van der Waals surface area contributed by atoms with E-state index >= 15 is 0 Å². The lowest BCUT2D eigenvalue weighted by atomic mass is 10.0. The van der Waals surface area contributed by atoms with Crippen molar-refractivity contribution in [3.05, 3.63) is 21.7 Å². The van der Waals surface area contributed by atoms with Crippen molar-refractivity contribution in [2.45, 2.75) is 18.6 Å². The van der Waals surface area contributed by atoms with Gasteiger partial charge in [-0.15, -0.1) is 0 Å². The first-order valence-corrected chi connectivity index (χ1v) is 6.01. The summed E-state index contributed by atoms with van der Waals surface area (Å²) in [6, 6.07) is 3.86. The molecule has 1 atom stereocenters. The fourth-order valence-electron chi connectivity index (χ4n) is 1.60. The number of halogens is 1. The molecule has 1 fully saturated rings. The van der Waals surface area contributed by atoms with Crippen LogP contribution in [-0.2, 0) is 11.3 Å². The van der Waals surface area contributed by atoms with Crippen LogP contribution >= 0.6 is 22.6 Å². The monoisotopic (exact) mass is 323 g/mol. The van der Waals surface area contributed by atoms with Gasteiger partial charge in [-0.25, -0.2) is 0 Å². The quantitative estimate of drug-likeness (QED) is 0.816. The maximum Gasteiger partial charge on any atom is 0.164 e. The zero-order valence-corrected chi connectivity index (χ0v) is 10.5. The number of furan rings is 1. The van der Waals surface area contributed by atoms with Gasteiger partial charge >= 0.3 is 0 Å². The number of ether oxygens (including phenoxy) is 1. The predicted molar refractivity (Wildman–Crippen MR) is 63.5 cm³/mol. The Labute approximate surface area is 102 Å². The highest BCUT2D eigenvalue weighted by Gasteiger charge is 2.31. The van der Waals surface area contributed by atoms with E-state index in [0.717, 1.165) is 9.53 Å². The summed E-state index contributed by atoms with van der Waals surface area (Å²) in [6.45, 7) is 2.27. The van der Waals surface area contributed by atoms with Gasteiger partial charge < -0.3 is 19.6 Å². The van der Waals surface area contributed by atoms with Crippen LogP contribution in [0.15, 0.2) is 16.5 Å². The van der Waals surface area contributed by atoms with Crippen molar-refractivity contribution in [2.75, 3.05) is 19.8 Å². The Bertz CT molecular complexity index is 320. The van der Waals surface area contributed by atoms with Crippen LogP contribution in [0.3, 0.4) is 0 Å². The van der Waals surface area contributed by atoms with Crippen molar-refractivity contribution >= 4 is 22.6 Å². The van der Waals surface area contributed by atoms with Gasteiger partial charge in [0.2, 0.25) is 0 Å². The van der Waals surface area contributed by atoms with E-state index in [1.165, 1.54) is 0 Å². The number of rotatable bonds is 4. The molecule has 84 valence electrons. The zero-order chi connectivity index (χ0) is 10.7. The summed E-state index contributed by atoms with van der Waals surface area (Å²) in [6.07, 6.45) is 0.704. The van der Waals surface area contributed by atoms with Gasteiger partial charge in [0.15, 0.2) is 3.77 Å². The Morgan fingerprint density at radius 2 is 2.40 bits per heavy atom. The third-order valence-electron chi connectivity index (χ3n) is 2.46. The van der Waals surface area contributed by atoms with E-state index in [9.17, 15) is 5.11 Å². The van der Waals surface area contributed by atoms with Gasteiger partial charge in [-0.2, -0.15) is 0 Å². The van der Waals surface area contributed by atoms with Crippen LogP contribution in [0.5, 0.6) is 0 Å². The van der Waals surface area contributed by atoms with E-state index in [1.54, 1.807) is 0 Å². The summed E-state index contributed by atoms with van der Waals surface area (Å²) in [7, 11) is 0. The van der Waals surface area contributed by atoms with Crippen molar-refractivity contribution in [1.82, 2.24) is 5.32 Å². The molecule has 4 nitrogen and oxygen atoms in total. The maximum atomic E-state index is 9.95. The molecule has 0 aromatic carbocycles. The van der Waals surface area contributed by atoms with E-state index < -0.39 is 5.60 Å². The van der Waals surface area contributed by atoms with Crippen LogP contribution in [0.1, 0.15) is 12.2 Å². The van der Waals surface area contributed by atoms with Gasteiger partial charge in [0, 0.05) is 19.6 Å². The van der Waals surface area contributed by atoms with E-state index in [1.807, 2.05) is 12.1 Å². The molecular formula is C10H14INO3. The molecule has 0 aliphatic carbocycles. The molecule has 1 aliphatic rings. The summed E-state index contributed by atoms with van der Waals surface area (Å²) < 4.78 is 11.4. The molecule has 5 heteroatoms. The molecule has 0 spiro atoms. The minimum atomic E-state index is -0.695. The number of hydrogen-bond donors (Lipinski definition) is 2. The largest absolute Gasteiger partial charge is 0.454 e. The average Bonchev–Trinajstić information content (AvgIpc) is 2.76. The molecule has 2 N–H and O–H groups in total. The highest BCUT2D eigenvalue weighted by molar-refractivity contribution is 14.1. The van der Waals surface area contributed by atoms with Gasteiger partial charge in [0.25, 0.3) is 0 Å². The summed E-state index contributed by atoms with van der Waals surface area (Å²) in [4.78, 5) is 0. The topological polar surface area (TPSA) is 54.6 Å². The third kappa shape index (κ3) is 3.17. The van der Waals surface area contributed by atoms with Crippen LogP contribution in [0.4, 0.5) is 0 Å². The molecule has 1 saturated heterocycles. The first-order valence-electron chi connectivity index (χ1n) is 4.93. The van der Waals surface area contributed by atoms with Crippen molar-refractivity contribution in [3.8, 4) is 0 Å². The number of nitrogens with one attached hydrogen (secondary N) is 1. The van der Waals surface area contributed by atoms with Gasteiger partial charge in [-0.05, 0) is 34.7 Å². The molecule has 0 saturated carbocycles. The summed E-state index contributed by atoms with van der Waals surface area (Å²) in [5, 5.41) is 13.1. The minimum Gasteiger partial charge on any atom is -0.454 e. The lowest BCUT2D eigenvalue weighted by molar-refractivity contribution is 0.0265. The van der Waals surface area contributed by atoms with E-state index in [0.29, 0.717) is 32.7 Å². The smallest absolute Gasteiger partial charge is 0.164 e. The molecule has 2 rings (SSSR count). The zero-order valence-electron chi connectivity index (χ0n) is 8.33. The highest BCUT2D eigenvalue weighted by atomic mass is 127. The molecule has 1 aromatic rings. The standard InChI is InChI=1S/C10H14INO3/c11-9-2-1-8(15-9)5-12-6-10(13)3-4-14-7-10/h1-2,12-13H,3-7H2. The van der Waals surface area contributed by atoms with Crippen molar-refractivity contribution in [1.29, 1.82) is 0 Å². The van der Waals surface area contributed by atoms with Gasteiger partial charge in [0.1, 0.15) is 11.4 Å². The summed E-state index contributed by atoms with van der Waals surface area (Å²) in [5.41, 5.74) is -0.695. The normalized spacial score (nSPS) is 26.0. The summed E-state index contributed by atoms with van der Waals surface area (Å²) in [5.74, 6) is 0.891. The summed E-state index contributed by atoms with van der Waals surface area (Å²) >= 11 is 2.13. The molecule has 0 amide bonds. The van der Waals surface area contributed by atoms with E-state index in [4.69, 9.17) is 9.15 Å². The van der Waals surface area contributed by atoms with Gasteiger partial charge in [-0.1, -0.05) is 0 Å². The maximum absolute atomic E-state index is 9.95. The SMILES string of the molecule is OC1(CNCc2ccc(I)o2)CCOC1. The second-order valence-electron chi connectivity index (χ2n) is 3.84. The van der Waals surface area contributed by atoms with Crippen molar-refractivity contribution in [3.63, 3.8) is 0 Å². The number of hydrogen-bond acceptors (Lipinski definition) is 4. The lowest BCUT2D eigenvalue weighted by Gasteiger charge is -2.20. The Balaban J connectivity index is 1.75. The first kappa shape index (κ1) is 11.4. The second kappa shape index (κ2) is 4.82. The molecule has 0 bridgehead atoms. The van der Waals surface area contributed by atoms with E-state index in [2.05, 4.69) is 27.9 Å². The lowest BCUT2D eigenvalue weighted by Crippen LogP contribution is -2.40. The van der Waals surface area contributed by atoms with Crippen LogP contribution < -0.4 is 5.32 Å². The molecule has 0 radical (unpaired) electrons. The first-order chi connectivity index (χ1) is 7.18. The molecule has 1 unspecified atom stereocenters. The van der Waals surface area contributed by atoms with Crippen LogP contribution in [0.2, 0.25) is 0 Å².